The second-order valence-corrected chi connectivity index (χ2v) is 5.09. The number of carbonyl (C=O) groups excluding carboxylic acids is 1. The molecule has 0 aliphatic heterocycles. The molecule has 0 bridgehead atoms. The van der Waals surface area contributed by atoms with Gasteiger partial charge in [0.05, 0.1) is 29.2 Å². The van der Waals surface area contributed by atoms with Crippen molar-refractivity contribution in [3.05, 3.63) is 52.3 Å². The molecule has 2 rings (SSSR count). The molecule has 0 saturated carbocycles. The molecule has 3 N–H and O–H groups in total. The predicted molar refractivity (Wildman–Crippen MR) is 84.2 cm³/mol. The summed E-state index contributed by atoms with van der Waals surface area (Å²) in [4.78, 5) is 11.8. The first-order valence-corrected chi connectivity index (χ1v) is 7.10. The Morgan fingerprint density at radius 1 is 1.33 bits per heavy atom. The smallest absolute Gasteiger partial charge is 0.340 e. The van der Waals surface area contributed by atoms with Gasteiger partial charge in [0.2, 0.25) is 0 Å². The second kappa shape index (κ2) is 6.58. The minimum absolute atomic E-state index is 0.277. The molecule has 2 aromatic carbocycles. The topological polar surface area (TPSA) is 64.3 Å². The third-order valence-electron chi connectivity index (χ3n) is 2.80. The molecule has 0 radical (unpaired) electrons. The Hall–Kier alpha value is -2.08. The van der Waals surface area contributed by atoms with E-state index in [9.17, 15) is 9.18 Å². The molecule has 0 atom stereocenters. The third-order valence-corrected chi connectivity index (χ3v) is 3.46. The minimum atomic E-state index is -0.475. The van der Waals surface area contributed by atoms with Crippen LogP contribution in [0.3, 0.4) is 0 Å². The molecule has 0 unspecified atom stereocenters. The van der Waals surface area contributed by atoms with Gasteiger partial charge in [0, 0.05) is 4.47 Å². The van der Waals surface area contributed by atoms with Crippen LogP contribution in [-0.2, 0) is 4.74 Å². The lowest BCUT2D eigenvalue weighted by molar-refractivity contribution is 0.0527. The number of nitrogens with two attached hydrogens (primary N) is 1. The molecule has 4 nitrogen and oxygen atoms in total. The molecule has 0 spiro atoms. The average molecular weight is 353 g/mol. The minimum Gasteiger partial charge on any atom is -0.462 e. The van der Waals surface area contributed by atoms with Gasteiger partial charge in [-0.25, -0.2) is 9.18 Å². The van der Waals surface area contributed by atoms with E-state index in [0.29, 0.717) is 21.4 Å². The molecular formula is C15H14BrFN2O2. The number of carbonyl (C=O) groups is 1. The van der Waals surface area contributed by atoms with E-state index in [1.165, 1.54) is 12.1 Å². The molecule has 0 saturated heterocycles. The SMILES string of the molecule is CCOC(=O)c1cccc(Nc2ccc(F)cc2Br)c1N. The summed E-state index contributed by atoms with van der Waals surface area (Å²) in [5.41, 5.74) is 7.76. The zero-order valence-corrected chi connectivity index (χ0v) is 12.9. The fourth-order valence-corrected chi connectivity index (χ4v) is 2.25. The van der Waals surface area contributed by atoms with Gasteiger partial charge in [0.25, 0.3) is 0 Å². The molecule has 0 fully saturated rings. The van der Waals surface area contributed by atoms with Crippen molar-refractivity contribution in [1.82, 2.24) is 0 Å². The summed E-state index contributed by atoms with van der Waals surface area (Å²) in [5.74, 6) is -0.822. The van der Waals surface area contributed by atoms with Crippen molar-refractivity contribution in [3.8, 4) is 0 Å². The number of para-hydroxylation sites is 1. The molecule has 21 heavy (non-hydrogen) atoms. The number of rotatable bonds is 4. The maximum atomic E-state index is 13.1. The van der Waals surface area contributed by atoms with Gasteiger partial charge in [0.1, 0.15) is 5.82 Å². The van der Waals surface area contributed by atoms with Crippen LogP contribution in [0.4, 0.5) is 21.5 Å². The lowest BCUT2D eigenvalue weighted by Gasteiger charge is -2.13. The maximum absolute atomic E-state index is 13.1. The van der Waals surface area contributed by atoms with E-state index >= 15 is 0 Å². The molecule has 0 aromatic heterocycles. The van der Waals surface area contributed by atoms with Gasteiger partial charge in [-0.1, -0.05) is 6.07 Å². The molecule has 6 heteroatoms. The molecule has 2 aromatic rings. The molecule has 0 aliphatic rings. The van der Waals surface area contributed by atoms with Gasteiger partial charge in [-0.2, -0.15) is 0 Å². The molecule has 0 aliphatic carbocycles. The Kier molecular flexibility index (Phi) is 4.80. The second-order valence-electron chi connectivity index (χ2n) is 4.24. The number of ether oxygens (including phenoxy) is 1. The van der Waals surface area contributed by atoms with E-state index in [1.807, 2.05) is 0 Å². The average Bonchev–Trinajstić information content (AvgIpc) is 2.44. The Labute approximate surface area is 130 Å². The number of hydrogen-bond donors (Lipinski definition) is 2. The molecule has 0 heterocycles. The van der Waals surface area contributed by atoms with Crippen LogP contribution >= 0.6 is 15.9 Å². The first-order valence-electron chi connectivity index (χ1n) is 6.30. The molecule has 0 amide bonds. The van der Waals surface area contributed by atoms with Crippen molar-refractivity contribution in [2.45, 2.75) is 6.92 Å². The quantitative estimate of drug-likeness (QED) is 0.642. The highest BCUT2D eigenvalue weighted by atomic mass is 79.9. The van der Waals surface area contributed by atoms with Gasteiger partial charge in [-0.05, 0) is 53.2 Å². The fourth-order valence-electron chi connectivity index (χ4n) is 1.80. The molecular weight excluding hydrogens is 339 g/mol. The number of nitrogens with one attached hydrogen (secondary N) is 1. The Bertz CT molecular complexity index is 677. The van der Waals surface area contributed by atoms with Gasteiger partial charge in [0.15, 0.2) is 0 Å². The fraction of sp³-hybridized carbons (Fsp3) is 0.133. The standard InChI is InChI=1S/C15H14BrFN2O2/c1-2-21-15(20)10-4-3-5-13(14(10)18)19-12-7-6-9(17)8-11(12)16/h3-8,19H,2,18H2,1H3. The normalized spacial score (nSPS) is 10.2. The van der Waals surface area contributed by atoms with Crippen LogP contribution in [0.5, 0.6) is 0 Å². The number of nitrogen functional groups attached to an aromatic ring is 1. The van der Waals surface area contributed by atoms with Crippen LogP contribution in [0.2, 0.25) is 0 Å². The van der Waals surface area contributed by atoms with Crippen LogP contribution in [0, 0.1) is 5.82 Å². The summed E-state index contributed by atoms with van der Waals surface area (Å²) in [5, 5.41) is 3.06. The van der Waals surface area contributed by atoms with Crippen molar-refractivity contribution in [2.75, 3.05) is 17.7 Å². The summed E-state index contributed by atoms with van der Waals surface area (Å²) in [6.07, 6.45) is 0. The summed E-state index contributed by atoms with van der Waals surface area (Å²) in [6.45, 7) is 2.01. The summed E-state index contributed by atoms with van der Waals surface area (Å²) >= 11 is 3.27. The number of esters is 1. The number of hydrogen-bond acceptors (Lipinski definition) is 4. The van der Waals surface area contributed by atoms with E-state index in [4.69, 9.17) is 10.5 Å². The van der Waals surface area contributed by atoms with Crippen LogP contribution < -0.4 is 11.1 Å². The lowest BCUT2D eigenvalue weighted by Crippen LogP contribution is -2.09. The van der Waals surface area contributed by atoms with Gasteiger partial charge in [-0.15, -0.1) is 0 Å². The Balaban J connectivity index is 2.32. The van der Waals surface area contributed by atoms with E-state index in [0.717, 1.165) is 0 Å². The van der Waals surface area contributed by atoms with E-state index in [2.05, 4.69) is 21.2 Å². The van der Waals surface area contributed by atoms with Crippen molar-refractivity contribution < 1.29 is 13.9 Å². The van der Waals surface area contributed by atoms with Crippen molar-refractivity contribution in [1.29, 1.82) is 0 Å². The highest BCUT2D eigenvalue weighted by Gasteiger charge is 2.14. The third kappa shape index (κ3) is 3.52. The first kappa shape index (κ1) is 15.3. The van der Waals surface area contributed by atoms with Crippen molar-refractivity contribution in [3.63, 3.8) is 0 Å². The van der Waals surface area contributed by atoms with Gasteiger partial charge < -0.3 is 15.8 Å². The highest BCUT2D eigenvalue weighted by molar-refractivity contribution is 9.10. The van der Waals surface area contributed by atoms with Crippen LogP contribution in [-0.4, -0.2) is 12.6 Å². The monoisotopic (exact) mass is 352 g/mol. The predicted octanol–water partition coefficient (Wildman–Crippen LogP) is 4.09. The van der Waals surface area contributed by atoms with Crippen LogP contribution in [0.15, 0.2) is 40.9 Å². The Morgan fingerprint density at radius 3 is 2.76 bits per heavy atom. The largest absolute Gasteiger partial charge is 0.462 e. The van der Waals surface area contributed by atoms with Crippen molar-refractivity contribution >= 4 is 39.0 Å². The van der Waals surface area contributed by atoms with Crippen LogP contribution in [0.1, 0.15) is 17.3 Å². The lowest BCUT2D eigenvalue weighted by atomic mass is 10.1. The van der Waals surface area contributed by atoms with Crippen LogP contribution in [0.25, 0.3) is 0 Å². The summed E-state index contributed by atoms with van der Waals surface area (Å²) in [7, 11) is 0. The van der Waals surface area contributed by atoms with E-state index in [1.54, 1.807) is 31.2 Å². The number of halogens is 2. The van der Waals surface area contributed by atoms with Crippen molar-refractivity contribution in [2.24, 2.45) is 0 Å². The maximum Gasteiger partial charge on any atom is 0.340 e. The van der Waals surface area contributed by atoms with E-state index in [-0.39, 0.29) is 18.1 Å². The zero-order chi connectivity index (χ0) is 15.4. The van der Waals surface area contributed by atoms with Gasteiger partial charge in [-0.3, -0.25) is 0 Å². The van der Waals surface area contributed by atoms with Gasteiger partial charge >= 0.3 is 5.97 Å². The number of benzene rings is 2. The molecule has 110 valence electrons. The summed E-state index contributed by atoms with van der Waals surface area (Å²) in [6, 6.07) is 9.27. The highest BCUT2D eigenvalue weighted by Crippen LogP contribution is 2.31. The summed E-state index contributed by atoms with van der Waals surface area (Å²) < 4.78 is 18.6. The van der Waals surface area contributed by atoms with E-state index < -0.39 is 5.97 Å². The zero-order valence-electron chi connectivity index (χ0n) is 11.3. The number of anilines is 3. The first-order chi connectivity index (χ1) is 10.0. The Morgan fingerprint density at radius 2 is 2.10 bits per heavy atom.